The van der Waals surface area contributed by atoms with Crippen LogP contribution in [0.2, 0.25) is 0 Å². The van der Waals surface area contributed by atoms with E-state index in [2.05, 4.69) is 5.32 Å². The number of carbonyl (C=O) groups excluding carboxylic acids is 2. The van der Waals surface area contributed by atoms with Crippen molar-refractivity contribution in [1.82, 2.24) is 0 Å². The van der Waals surface area contributed by atoms with E-state index in [-0.39, 0.29) is 5.91 Å². The van der Waals surface area contributed by atoms with Crippen molar-refractivity contribution in [1.29, 1.82) is 0 Å². The first-order valence-corrected chi connectivity index (χ1v) is 7.20. The summed E-state index contributed by atoms with van der Waals surface area (Å²) in [6.45, 7) is 1.78. The molecule has 5 nitrogen and oxygen atoms in total. The number of hydrogen-bond acceptors (Lipinski definition) is 4. The third-order valence-electron chi connectivity index (χ3n) is 3.61. The number of amides is 1. The molecule has 2 aromatic carbocycles. The molecule has 0 fully saturated rings. The van der Waals surface area contributed by atoms with Gasteiger partial charge in [0.25, 0.3) is 5.91 Å². The van der Waals surface area contributed by atoms with Crippen molar-refractivity contribution >= 4 is 23.3 Å². The summed E-state index contributed by atoms with van der Waals surface area (Å²) >= 11 is 0. The van der Waals surface area contributed by atoms with Gasteiger partial charge in [-0.25, -0.2) is 4.79 Å². The number of ether oxygens (including phenoxy) is 1. The predicted octanol–water partition coefficient (Wildman–Crippen LogP) is 3.10. The predicted molar refractivity (Wildman–Crippen MR) is 91.2 cm³/mol. The Morgan fingerprint density at radius 1 is 1.09 bits per heavy atom. The van der Waals surface area contributed by atoms with Crippen LogP contribution in [0.15, 0.2) is 42.5 Å². The molecule has 0 atom stereocenters. The molecule has 1 N–H and O–H groups in total. The van der Waals surface area contributed by atoms with E-state index in [0.29, 0.717) is 22.4 Å². The molecule has 0 unspecified atom stereocenters. The monoisotopic (exact) mass is 312 g/mol. The van der Waals surface area contributed by atoms with E-state index in [1.807, 2.05) is 37.2 Å². The average Bonchev–Trinajstić information content (AvgIpc) is 2.56. The lowest BCUT2D eigenvalue weighted by Gasteiger charge is -2.14. The highest BCUT2D eigenvalue weighted by Crippen LogP contribution is 2.21. The number of esters is 1. The van der Waals surface area contributed by atoms with Gasteiger partial charge < -0.3 is 15.0 Å². The van der Waals surface area contributed by atoms with Crippen LogP contribution in [-0.4, -0.2) is 33.1 Å². The number of hydrogen-bond donors (Lipinski definition) is 1. The lowest BCUT2D eigenvalue weighted by Crippen LogP contribution is -2.15. The van der Waals surface area contributed by atoms with E-state index in [1.54, 1.807) is 31.2 Å². The number of anilines is 2. The van der Waals surface area contributed by atoms with Gasteiger partial charge in [-0.05, 0) is 42.8 Å². The van der Waals surface area contributed by atoms with Gasteiger partial charge in [0.1, 0.15) is 0 Å². The van der Waals surface area contributed by atoms with Gasteiger partial charge in [-0.15, -0.1) is 0 Å². The molecule has 2 aromatic rings. The Balaban J connectivity index is 2.27. The average molecular weight is 312 g/mol. The summed E-state index contributed by atoms with van der Waals surface area (Å²) in [5.74, 6) is -0.646. The van der Waals surface area contributed by atoms with E-state index in [1.165, 1.54) is 7.11 Å². The highest BCUT2D eigenvalue weighted by molar-refractivity contribution is 6.06. The summed E-state index contributed by atoms with van der Waals surface area (Å²) < 4.78 is 4.75. The van der Waals surface area contributed by atoms with E-state index in [0.717, 1.165) is 5.69 Å². The first kappa shape index (κ1) is 16.5. The Kier molecular flexibility index (Phi) is 5.01. The van der Waals surface area contributed by atoms with Crippen LogP contribution >= 0.6 is 0 Å². The van der Waals surface area contributed by atoms with Gasteiger partial charge in [0.05, 0.1) is 12.7 Å². The van der Waals surface area contributed by atoms with Crippen molar-refractivity contribution in [2.75, 3.05) is 31.4 Å². The minimum Gasteiger partial charge on any atom is -0.465 e. The van der Waals surface area contributed by atoms with Crippen molar-refractivity contribution < 1.29 is 14.3 Å². The minimum absolute atomic E-state index is 0.223. The van der Waals surface area contributed by atoms with Crippen LogP contribution in [0.25, 0.3) is 0 Å². The van der Waals surface area contributed by atoms with Crippen LogP contribution in [0.5, 0.6) is 0 Å². The van der Waals surface area contributed by atoms with Crippen molar-refractivity contribution in [3.8, 4) is 0 Å². The summed E-state index contributed by atoms with van der Waals surface area (Å²) in [7, 11) is 5.17. The SMILES string of the molecule is COC(=O)c1cccc(NC(=O)c2cccc(N(C)C)c2)c1C. The van der Waals surface area contributed by atoms with Crippen molar-refractivity contribution in [2.24, 2.45) is 0 Å². The van der Waals surface area contributed by atoms with Gasteiger partial charge in [0.15, 0.2) is 0 Å². The van der Waals surface area contributed by atoms with Gasteiger partial charge in [-0.2, -0.15) is 0 Å². The molecule has 1 amide bonds. The smallest absolute Gasteiger partial charge is 0.338 e. The summed E-state index contributed by atoms with van der Waals surface area (Å²) in [6, 6.07) is 12.5. The summed E-state index contributed by atoms with van der Waals surface area (Å²) in [5, 5.41) is 2.85. The second-order valence-electron chi connectivity index (χ2n) is 5.37. The maximum atomic E-state index is 12.4. The van der Waals surface area contributed by atoms with Crippen LogP contribution in [-0.2, 0) is 4.74 Å². The molecule has 0 aromatic heterocycles. The molecule has 0 saturated heterocycles. The number of nitrogens with zero attached hydrogens (tertiary/aromatic N) is 1. The molecule has 2 rings (SSSR count). The van der Waals surface area contributed by atoms with Gasteiger partial charge in [0, 0.05) is 31.0 Å². The Morgan fingerprint density at radius 2 is 1.78 bits per heavy atom. The van der Waals surface area contributed by atoms with Gasteiger partial charge in [-0.3, -0.25) is 4.79 Å². The molecule has 0 saturated carbocycles. The van der Waals surface area contributed by atoms with Gasteiger partial charge >= 0.3 is 5.97 Å². The lowest BCUT2D eigenvalue weighted by atomic mass is 10.1. The quantitative estimate of drug-likeness (QED) is 0.881. The first-order valence-electron chi connectivity index (χ1n) is 7.20. The topological polar surface area (TPSA) is 58.6 Å². The minimum atomic E-state index is -0.423. The standard InChI is InChI=1S/C18H20N2O3/c1-12-15(18(22)23-4)9-6-10-16(12)19-17(21)13-7-5-8-14(11-13)20(2)3/h5-11H,1-4H3,(H,19,21). The first-order chi connectivity index (χ1) is 10.9. The van der Waals surface area contributed by atoms with Gasteiger partial charge in [-0.1, -0.05) is 12.1 Å². The summed E-state index contributed by atoms with van der Waals surface area (Å²) in [5.41, 5.74) is 3.20. The fourth-order valence-corrected chi connectivity index (χ4v) is 2.22. The zero-order valence-corrected chi connectivity index (χ0v) is 13.7. The molecule has 120 valence electrons. The zero-order chi connectivity index (χ0) is 17.0. The van der Waals surface area contributed by atoms with Crippen LogP contribution < -0.4 is 10.2 Å². The van der Waals surface area contributed by atoms with Crippen molar-refractivity contribution in [3.05, 3.63) is 59.2 Å². The lowest BCUT2D eigenvalue weighted by molar-refractivity contribution is 0.0599. The normalized spacial score (nSPS) is 10.1. The molecule has 0 aliphatic heterocycles. The molecular formula is C18H20N2O3. The third kappa shape index (κ3) is 3.69. The van der Waals surface area contributed by atoms with Crippen molar-refractivity contribution in [3.63, 3.8) is 0 Å². The molecule has 23 heavy (non-hydrogen) atoms. The summed E-state index contributed by atoms with van der Waals surface area (Å²) in [6.07, 6.45) is 0. The molecule has 0 aliphatic carbocycles. The van der Waals surface area contributed by atoms with Gasteiger partial charge in [0.2, 0.25) is 0 Å². The van der Waals surface area contributed by atoms with E-state index < -0.39 is 5.97 Å². The molecule has 0 spiro atoms. The highest BCUT2D eigenvalue weighted by atomic mass is 16.5. The Labute approximate surface area is 135 Å². The number of benzene rings is 2. The second-order valence-corrected chi connectivity index (χ2v) is 5.37. The van der Waals surface area contributed by atoms with Crippen LogP contribution in [0, 0.1) is 6.92 Å². The third-order valence-corrected chi connectivity index (χ3v) is 3.61. The number of nitrogens with one attached hydrogen (secondary N) is 1. The molecule has 5 heteroatoms. The Bertz CT molecular complexity index is 739. The molecule has 0 aliphatic rings. The van der Waals surface area contributed by atoms with Crippen LogP contribution in [0.4, 0.5) is 11.4 Å². The number of rotatable bonds is 4. The molecule has 0 heterocycles. The zero-order valence-electron chi connectivity index (χ0n) is 13.7. The van der Waals surface area contributed by atoms with E-state index in [9.17, 15) is 9.59 Å². The fourth-order valence-electron chi connectivity index (χ4n) is 2.22. The van der Waals surface area contributed by atoms with Crippen LogP contribution in [0.1, 0.15) is 26.3 Å². The maximum Gasteiger partial charge on any atom is 0.338 e. The maximum absolute atomic E-state index is 12.4. The van der Waals surface area contributed by atoms with Crippen molar-refractivity contribution in [2.45, 2.75) is 6.92 Å². The molecular weight excluding hydrogens is 292 g/mol. The molecule has 0 bridgehead atoms. The number of carbonyl (C=O) groups is 2. The number of methoxy groups -OCH3 is 1. The Hall–Kier alpha value is -2.82. The second kappa shape index (κ2) is 6.96. The Morgan fingerprint density at radius 3 is 2.43 bits per heavy atom. The van der Waals surface area contributed by atoms with Crippen LogP contribution in [0.3, 0.4) is 0 Å². The largest absolute Gasteiger partial charge is 0.465 e. The van der Waals surface area contributed by atoms with E-state index >= 15 is 0 Å². The fraction of sp³-hybridized carbons (Fsp3) is 0.222. The van der Waals surface area contributed by atoms with E-state index in [4.69, 9.17) is 4.74 Å². The molecule has 0 radical (unpaired) electrons. The summed E-state index contributed by atoms with van der Waals surface area (Å²) in [4.78, 5) is 26.1. The highest BCUT2D eigenvalue weighted by Gasteiger charge is 2.14.